The number of hydrogen-bond donors (Lipinski definition) is 1. The summed E-state index contributed by atoms with van der Waals surface area (Å²) in [6.45, 7) is 4.41. The first kappa shape index (κ1) is 12.7. The SMILES string of the molecule is CC(C)[C@H](CC(=O)O)OCc1ccccc1. The number of carboxylic acid groups (broad SMARTS) is 1. The van der Waals surface area contributed by atoms with E-state index in [2.05, 4.69) is 0 Å². The highest BCUT2D eigenvalue weighted by atomic mass is 16.5. The van der Waals surface area contributed by atoms with Crippen LogP contribution in [0, 0.1) is 5.92 Å². The fourth-order valence-electron chi connectivity index (χ4n) is 1.44. The first-order valence-corrected chi connectivity index (χ1v) is 5.47. The van der Waals surface area contributed by atoms with Crippen molar-refractivity contribution in [1.29, 1.82) is 0 Å². The van der Waals surface area contributed by atoms with Crippen LogP contribution in [0.1, 0.15) is 25.8 Å². The third kappa shape index (κ3) is 4.45. The molecule has 1 atom stereocenters. The van der Waals surface area contributed by atoms with Crippen LogP contribution in [0.5, 0.6) is 0 Å². The van der Waals surface area contributed by atoms with Gasteiger partial charge in [-0.05, 0) is 11.5 Å². The predicted molar refractivity (Wildman–Crippen MR) is 62.1 cm³/mol. The Balaban J connectivity index is 2.47. The van der Waals surface area contributed by atoms with E-state index in [-0.39, 0.29) is 18.4 Å². The molecule has 0 aliphatic heterocycles. The number of carbonyl (C=O) groups is 1. The van der Waals surface area contributed by atoms with Crippen LogP contribution < -0.4 is 0 Å². The topological polar surface area (TPSA) is 46.5 Å². The van der Waals surface area contributed by atoms with E-state index in [4.69, 9.17) is 9.84 Å². The van der Waals surface area contributed by atoms with Crippen molar-refractivity contribution in [3.63, 3.8) is 0 Å². The summed E-state index contributed by atoms with van der Waals surface area (Å²) in [7, 11) is 0. The molecule has 0 fully saturated rings. The van der Waals surface area contributed by atoms with Gasteiger partial charge in [0, 0.05) is 0 Å². The van der Waals surface area contributed by atoms with Gasteiger partial charge >= 0.3 is 5.97 Å². The molecule has 0 aromatic heterocycles. The lowest BCUT2D eigenvalue weighted by atomic mass is 10.0. The van der Waals surface area contributed by atoms with Gasteiger partial charge in [-0.25, -0.2) is 0 Å². The van der Waals surface area contributed by atoms with E-state index in [0.29, 0.717) is 6.61 Å². The van der Waals surface area contributed by atoms with Crippen molar-refractivity contribution >= 4 is 5.97 Å². The third-order valence-corrected chi connectivity index (χ3v) is 2.43. The highest BCUT2D eigenvalue weighted by molar-refractivity contribution is 5.67. The summed E-state index contributed by atoms with van der Waals surface area (Å²) in [4.78, 5) is 10.6. The molecule has 1 rings (SSSR count). The average molecular weight is 222 g/mol. The molecule has 1 aromatic rings. The molecule has 3 nitrogen and oxygen atoms in total. The molecular weight excluding hydrogens is 204 g/mol. The second-order valence-corrected chi connectivity index (χ2v) is 4.18. The molecule has 0 spiro atoms. The Labute approximate surface area is 96.1 Å². The second kappa shape index (κ2) is 6.28. The Morgan fingerprint density at radius 3 is 2.44 bits per heavy atom. The quantitative estimate of drug-likeness (QED) is 0.805. The summed E-state index contributed by atoms with van der Waals surface area (Å²) in [6.07, 6.45) is -0.164. The smallest absolute Gasteiger partial charge is 0.305 e. The van der Waals surface area contributed by atoms with E-state index < -0.39 is 5.97 Å². The zero-order valence-corrected chi connectivity index (χ0v) is 9.72. The van der Waals surface area contributed by atoms with Gasteiger partial charge in [-0.1, -0.05) is 44.2 Å². The molecule has 0 radical (unpaired) electrons. The number of ether oxygens (including phenoxy) is 1. The highest BCUT2D eigenvalue weighted by Crippen LogP contribution is 2.13. The van der Waals surface area contributed by atoms with Gasteiger partial charge in [0.2, 0.25) is 0 Å². The van der Waals surface area contributed by atoms with Crippen molar-refractivity contribution in [2.75, 3.05) is 0 Å². The molecule has 88 valence electrons. The normalized spacial score (nSPS) is 12.7. The lowest BCUT2D eigenvalue weighted by Gasteiger charge is -2.19. The van der Waals surface area contributed by atoms with Crippen LogP contribution in [0.25, 0.3) is 0 Å². The first-order valence-electron chi connectivity index (χ1n) is 5.47. The standard InChI is InChI=1S/C13H18O3/c1-10(2)12(8-13(14)15)16-9-11-6-4-3-5-7-11/h3-7,10,12H,8-9H2,1-2H3,(H,14,15)/t12-/m0/s1. The first-order chi connectivity index (χ1) is 7.59. The van der Waals surface area contributed by atoms with Gasteiger partial charge in [0.25, 0.3) is 0 Å². The molecule has 16 heavy (non-hydrogen) atoms. The van der Waals surface area contributed by atoms with Crippen molar-refractivity contribution in [3.8, 4) is 0 Å². The summed E-state index contributed by atoms with van der Waals surface area (Å²) in [6, 6.07) is 9.78. The molecule has 0 saturated carbocycles. The van der Waals surface area contributed by atoms with Crippen molar-refractivity contribution in [2.45, 2.75) is 33.0 Å². The summed E-state index contributed by atoms with van der Waals surface area (Å²) >= 11 is 0. The van der Waals surface area contributed by atoms with Crippen LogP contribution in [0.2, 0.25) is 0 Å². The molecule has 0 unspecified atom stereocenters. The Hall–Kier alpha value is -1.35. The summed E-state index contributed by atoms with van der Waals surface area (Å²) in [5, 5.41) is 8.75. The Kier molecular flexibility index (Phi) is 4.99. The molecule has 0 heterocycles. The van der Waals surface area contributed by atoms with Crippen LogP contribution >= 0.6 is 0 Å². The van der Waals surface area contributed by atoms with Crippen molar-refractivity contribution in [2.24, 2.45) is 5.92 Å². The maximum atomic E-state index is 10.6. The molecular formula is C13H18O3. The Morgan fingerprint density at radius 2 is 1.94 bits per heavy atom. The molecule has 0 aliphatic carbocycles. The Bertz CT molecular complexity index is 319. The van der Waals surface area contributed by atoms with E-state index in [1.165, 1.54) is 0 Å². The highest BCUT2D eigenvalue weighted by Gasteiger charge is 2.17. The van der Waals surface area contributed by atoms with E-state index in [0.717, 1.165) is 5.56 Å². The van der Waals surface area contributed by atoms with Crippen molar-refractivity contribution < 1.29 is 14.6 Å². The maximum Gasteiger partial charge on any atom is 0.305 e. The van der Waals surface area contributed by atoms with Crippen LogP contribution in [-0.2, 0) is 16.1 Å². The number of rotatable bonds is 6. The Morgan fingerprint density at radius 1 is 1.31 bits per heavy atom. The lowest BCUT2D eigenvalue weighted by Crippen LogP contribution is -2.23. The van der Waals surface area contributed by atoms with E-state index >= 15 is 0 Å². The largest absolute Gasteiger partial charge is 0.481 e. The van der Waals surface area contributed by atoms with Gasteiger partial charge in [0.15, 0.2) is 0 Å². The second-order valence-electron chi connectivity index (χ2n) is 4.18. The lowest BCUT2D eigenvalue weighted by molar-refractivity contribution is -0.141. The number of benzene rings is 1. The number of hydrogen-bond acceptors (Lipinski definition) is 2. The van der Waals surface area contributed by atoms with Crippen molar-refractivity contribution in [1.82, 2.24) is 0 Å². The fourth-order valence-corrected chi connectivity index (χ4v) is 1.44. The van der Waals surface area contributed by atoms with Crippen LogP contribution in [-0.4, -0.2) is 17.2 Å². The van der Waals surface area contributed by atoms with Gasteiger partial charge in [0.05, 0.1) is 19.1 Å². The third-order valence-electron chi connectivity index (χ3n) is 2.43. The zero-order chi connectivity index (χ0) is 12.0. The predicted octanol–water partition coefficient (Wildman–Crippen LogP) is 2.70. The molecule has 1 aromatic carbocycles. The molecule has 3 heteroatoms. The van der Waals surface area contributed by atoms with Gasteiger partial charge in [-0.2, -0.15) is 0 Å². The maximum absolute atomic E-state index is 10.6. The van der Waals surface area contributed by atoms with Gasteiger partial charge < -0.3 is 9.84 Å². The molecule has 0 bridgehead atoms. The van der Waals surface area contributed by atoms with Crippen LogP contribution in [0.4, 0.5) is 0 Å². The zero-order valence-electron chi connectivity index (χ0n) is 9.72. The number of carboxylic acids is 1. The van der Waals surface area contributed by atoms with E-state index in [9.17, 15) is 4.79 Å². The fraction of sp³-hybridized carbons (Fsp3) is 0.462. The summed E-state index contributed by atoms with van der Waals surface area (Å²) < 4.78 is 5.62. The van der Waals surface area contributed by atoms with Gasteiger partial charge in [-0.15, -0.1) is 0 Å². The van der Waals surface area contributed by atoms with Gasteiger partial charge in [0.1, 0.15) is 0 Å². The minimum absolute atomic E-state index is 0.0600. The van der Waals surface area contributed by atoms with Crippen molar-refractivity contribution in [3.05, 3.63) is 35.9 Å². The minimum Gasteiger partial charge on any atom is -0.481 e. The van der Waals surface area contributed by atoms with E-state index in [1.54, 1.807) is 0 Å². The monoisotopic (exact) mass is 222 g/mol. The summed E-state index contributed by atoms with van der Waals surface area (Å²) in [5.74, 6) is -0.605. The van der Waals surface area contributed by atoms with Crippen LogP contribution in [0.15, 0.2) is 30.3 Å². The molecule has 0 amide bonds. The minimum atomic E-state index is -0.813. The molecule has 0 aliphatic rings. The van der Waals surface area contributed by atoms with E-state index in [1.807, 2.05) is 44.2 Å². The summed E-state index contributed by atoms with van der Waals surface area (Å²) in [5.41, 5.74) is 1.07. The molecule has 0 saturated heterocycles. The number of aliphatic carboxylic acids is 1. The van der Waals surface area contributed by atoms with Gasteiger partial charge in [-0.3, -0.25) is 4.79 Å². The van der Waals surface area contributed by atoms with Crippen LogP contribution in [0.3, 0.4) is 0 Å². The molecule has 1 N–H and O–H groups in total. The average Bonchev–Trinajstić information content (AvgIpc) is 2.25.